The first-order chi connectivity index (χ1) is 7.75. The van der Waals surface area contributed by atoms with Crippen molar-refractivity contribution < 1.29 is 8.42 Å². The highest BCUT2D eigenvalue weighted by molar-refractivity contribution is 8.14. The maximum absolute atomic E-state index is 11.6. The molecule has 17 heavy (non-hydrogen) atoms. The molecular formula is C12H22ClNO2S. The molecule has 0 aliphatic heterocycles. The highest BCUT2D eigenvalue weighted by atomic mass is 35.7. The van der Waals surface area contributed by atoms with Crippen molar-refractivity contribution in [2.24, 2.45) is 5.92 Å². The van der Waals surface area contributed by atoms with Crippen molar-refractivity contribution in [3.8, 4) is 0 Å². The molecular weight excluding hydrogens is 258 g/mol. The Morgan fingerprint density at radius 1 is 1.29 bits per heavy atom. The fraction of sp³-hybridized carbons (Fsp3) is 0.833. The van der Waals surface area contributed by atoms with Crippen LogP contribution in [-0.2, 0) is 9.05 Å². The van der Waals surface area contributed by atoms with E-state index in [0.717, 1.165) is 19.5 Å². The average Bonchev–Trinajstić information content (AvgIpc) is 2.21. The van der Waals surface area contributed by atoms with Gasteiger partial charge in [-0.1, -0.05) is 18.1 Å². The van der Waals surface area contributed by atoms with Crippen LogP contribution in [0.2, 0.25) is 0 Å². The summed E-state index contributed by atoms with van der Waals surface area (Å²) in [5.74, 6) is 0.117. The summed E-state index contributed by atoms with van der Waals surface area (Å²) in [7, 11) is 4.12. The minimum absolute atomic E-state index is 0.117. The van der Waals surface area contributed by atoms with E-state index >= 15 is 0 Å². The number of nitrogens with zero attached hydrogens (tertiary/aromatic N) is 1. The van der Waals surface area contributed by atoms with Gasteiger partial charge < -0.3 is 4.90 Å². The molecule has 0 amide bonds. The number of hydrogen-bond donors (Lipinski definition) is 0. The van der Waals surface area contributed by atoms with Crippen molar-refractivity contribution in [2.75, 3.05) is 20.1 Å². The van der Waals surface area contributed by atoms with Crippen LogP contribution in [0.25, 0.3) is 0 Å². The molecule has 100 valence electrons. The zero-order valence-corrected chi connectivity index (χ0v) is 12.6. The Labute approximate surface area is 109 Å². The molecule has 2 atom stereocenters. The minimum atomic E-state index is -3.47. The van der Waals surface area contributed by atoms with Gasteiger partial charge in [0, 0.05) is 17.2 Å². The van der Waals surface area contributed by atoms with Gasteiger partial charge in [-0.2, -0.15) is 0 Å². The van der Waals surface area contributed by atoms with E-state index in [1.165, 1.54) is 11.1 Å². The van der Waals surface area contributed by atoms with E-state index in [-0.39, 0.29) is 5.92 Å². The normalized spacial score (nSPS) is 26.7. The summed E-state index contributed by atoms with van der Waals surface area (Å²) in [4.78, 5) is 2.15. The van der Waals surface area contributed by atoms with Crippen molar-refractivity contribution in [2.45, 2.75) is 38.9 Å². The van der Waals surface area contributed by atoms with Crippen molar-refractivity contribution in [1.82, 2.24) is 4.90 Å². The second-order valence-corrected chi connectivity index (χ2v) is 7.94. The smallest absolute Gasteiger partial charge is 0.236 e. The number of hydrogen-bond acceptors (Lipinski definition) is 3. The van der Waals surface area contributed by atoms with Gasteiger partial charge in [0.2, 0.25) is 9.05 Å². The lowest BCUT2D eigenvalue weighted by atomic mass is 9.84. The van der Waals surface area contributed by atoms with Gasteiger partial charge in [0.15, 0.2) is 0 Å². The molecule has 0 bridgehead atoms. The lowest BCUT2D eigenvalue weighted by molar-refractivity contribution is 0.272. The molecule has 3 nitrogen and oxygen atoms in total. The van der Waals surface area contributed by atoms with Gasteiger partial charge in [0.1, 0.15) is 0 Å². The number of halogens is 1. The lowest BCUT2D eigenvalue weighted by Gasteiger charge is -2.33. The largest absolute Gasteiger partial charge is 0.306 e. The summed E-state index contributed by atoms with van der Waals surface area (Å²) in [5, 5.41) is -0.429. The van der Waals surface area contributed by atoms with Crippen LogP contribution >= 0.6 is 10.7 Å². The molecule has 5 heteroatoms. The van der Waals surface area contributed by atoms with Crippen LogP contribution in [0.15, 0.2) is 11.1 Å². The van der Waals surface area contributed by atoms with Gasteiger partial charge in [-0.25, -0.2) is 8.42 Å². The topological polar surface area (TPSA) is 37.4 Å². The van der Waals surface area contributed by atoms with Crippen LogP contribution in [0.3, 0.4) is 0 Å². The third-order valence-electron chi connectivity index (χ3n) is 3.78. The monoisotopic (exact) mass is 279 g/mol. The third kappa shape index (κ3) is 3.97. The maximum atomic E-state index is 11.6. The van der Waals surface area contributed by atoms with Crippen molar-refractivity contribution in [1.29, 1.82) is 0 Å². The summed E-state index contributed by atoms with van der Waals surface area (Å²) in [5.41, 5.74) is 2.49. The molecule has 0 spiro atoms. The third-order valence-corrected chi connectivity index (χ3v) is 5.74. The molecule has 0 aromatic heterocycles. The lowest BCUT2D eigenvalue weighted by Crippen LogP contribution is -2.38. The molecule has 0 radical (unpaired) electrons. The van der Waals surface area contributed by atoms with Crippen LogP contribution in [-0.4, -0.2) is 38.7 Å². The molecule has 0 fully saturated rings. The van der Waals surface area contributed by atoms with E-state index in [0.29, 0.717) is 6.42 Å². The van der Waals surface area contributed by atoms with E-state index in [1.807, 2.05) is 14.0 Å². The van der Waals surface area contributed by atoms with E-state index < -0.39 is 14.3 Å². The summed E-state index contributed by atoms with van der Waals surface area (Å²) in [6, 6.07) is 0. The standard InChI is InChI=1S/C12H22ClNO2S/c1-5-14(4)8-11-6-9(2)10(3)7-12(11)17(13,15)16/h11-12H,5-8H2,1-4H3. The predicted octanol–water partition coefficient (Wildman–Crippen LogP) is 2.62. The molecule has 0 saturated heterocycles. The molecule has 1 aliphatic carbocycles. The SMILES string of the molecule is CCN(C)CC1CC(C)=C(C)CC1S(=O)(=O)Cl. The fourth-order valence-electron chi connectivity index (χ4n) is 2.38. The minimum Gasteiger partial charge on any atom is -0.306 e. The highest BCUT2D eigenvalue weighted by Gasteiger charge is 2.36. The van der Waals surface area contributed by atoms with E-state index in [9.17, 15) is 8.42 Å². The quantitative estimate of drug-likeness (QED) is 0.586. The second kappa shape index (κ2) is 5.72. The van der Waals surface area contributed by atoms with Gasteiger partial charge >= 0.3 is 0 Å². The molecule has 1 rings (SSSR count). The van der Waals surface area contributed by atoms with Crippen molar-refractivity contribution in [3.63, 3.8) is 0 Å². The predicted molar refractivity (Wildman–Crippen MR) is 72.8 cm³/mol. The number of rotatable bonds is 4. The highest BCUT2D eigenvalue weighted by Crippen LogP contribution is 2.35. The summed E-state index contributed by atoms with van der Waals surface area (Å²) >= 11 is 0. The maximum Gasteiger partial charge on any atom is 0.236 e. The van der Waals surface area contributed by atoms with Gasteiger partial charge in [0.05, 0.1) is 5.25 Å². The van der Waals surface area contributed by atoms with Crippen LogP contribution in [0.5, 0.6) is 0 Å². The van der Waals surface area contributed by atoms with E-state index in [4.69, 9.17) is 10.7 Å². The molecule has 0 aromatic carbocycles. The Morgan fingerprint density at radius 2 is 1.82 bits per heavy atom. The van der Waals surface area contributed by atoms with Crippen LogP contribution in [0, 0.1) is 5.92 Å². The zero-order chi connectivity index (χ0) is 13.2. The van der Waals surface area contributed by atoms with Crippen LogP contribution in [0.4, 0.5) is 0 Å². The van der Waals surface area contributed by atoms with Crippen molar-refractivity contribution >= 4 is 19.7 Å². The van der Waals surface area contributed by atoms with Gasteiger partial charge in [0.25, 0.3) is 0 Å². The molecule has 0 N–H and O–H groups in total. The van der Waals surface area contributed by atoms with Gasteiger partial charge in [-0.15, -0.1) is 0 Å². The first kappa shape index (κ1) is 15.0. The Balaban J connectivity index is 2.92. The summed E-state index contributed by atoms with van der Waals surface area (Å²) in [6.45, 7) is 7.88. The Bertz CT molecular complexity index is 403. The first-order valence-corrected chi connectivity index (χ1v) is 8.40. The summed E-state index contributed by atoms with van der Waals surface area (Å²) in [6.07, 6.45) is 1.42. The Morgan fingerprint density at radius 3 is 2.29 bits per heavy atom. The van der Waals surface area contributed by atoms with Crippen LogP contribution < -0.4 is 0 Å². The van der Waals surface area contributed by atoms with Crippen LogP contribution in [0.1, 0.15) is 33.6 Å². The second-order valence-electron chi connectivity index (χ2n) is 5.10. The van der Waals surface area contributed by atoms with Crippen molar-refractivity contribution in [3.05, 3.63) is 11.1 Å². The molecule has 2 unspecified atom stereocenters. The summed E-state index contributed by atoms with van der Waals surface area (Å²) < 4.78 is 23.3. The van der Waals surface area contributed by atoms with E-state index in [2.05, 4.69) is 18.7 Å². The molecule has 0 saturated carbocycles. The first-order valence-electron chi connectivity index (χ1n) is 6.03. The molecule has 0 aromatic rings. The fourth-order valence-corrected chi connectivity index (χ4v) is 4.10. The Kier molecular flexibility index (Phi) is 5.05. The van der Waals surface area contributed by atoms with Gasteiger partial charge in [-0.05, 0) is 46.2 Å². The number of allylic oxidation sites excluding steroid dienone is 2. The molecule has 1 aliphatic rings. The van der Waals surface area contributed by atoms with E-state index in [1.54, 1.807) is 0 Å². The average molecular weight is 280 g/mol. The zero-order valence-electron chi connectivity index (χ0n) is 11.0. The molecule has 0 heterocycles. The Hall–Kier alpha value is -0.0600. The van der Waals surface area contributed by atoms with Gasteiger partial charge in [-0.3, -0.25) is 0 Å².